The van der Waals surface area contributed by atoms with E-state index in [1.54, 1.807) is 0 Å². The third kappa shape index (κ3) is 103. The number of hydrogen-bond donors (Lipinski definition) is 1. The van der Waals surface area contributed by atoms with Crippen molar-refractivity contribution in [2.45, 2.75) is 0 Å². The minimum Gasteiger partial charge on any atom is -0.279 e. The van der Waals surface area contributed by atoms with E-state index in [1.807, 2.05) is 0 Å². The number of halogens is 4. The Morgan fingerprint density at radius 2 is 1.17 bits per heavy atom. The molecule has 0 saturated carbocycles. The Labute approximate surface area is 58.3 Å². The highest BCUT2D eigenvalue weighted by atomic mass is 35.5. The highest BCUT2D eigenvalue weighted by Crippen LogP contribution is 1.81. The van der Waals surface area contributed by atoms with Crippen molar-refractivity contribution in [3.05, 3.63) is 0 Å². The molecule has 0 aromatic rings. The maximum atomic E-state index is 6.03. The predicted octanol–water partition coefficient (Wildman–Crippen LogP) is 2.24. The normalized spacial score (nSPS) is 4.33. The molecule has 0 aromatic carbocycles. The molecule has 40 valence electrons. The second-order valence-electron chi connectivity index (χ2n) is 0.260. The largest absolute Gasteiger partial charge is 0.279 e. The maximum absolute atomic E-state index is 6.03. The molecule has 0 aromatic heterocycles. The van der Waals surface area contributed by atoms with Crippen molar-refractivity contribution in [3.63, 3.8) is 0 Å². The van der Waals surface area contributed by atoms with Crippen LogP contribution in [0.25, 0.3) is 0 Å². The van der Waals surface area contributed by atoms with E-state index in [1.165, 1.54) is 0 Å². The van der Waals surface area contributed by atoms with Gasteiger partial charge in [-0.2, -0.15) is 0 Å². The molecule has 0 atom stereocenters. The van der Waals surface area contributed by atoms with Gasteiger partial charge in [-0.1, -0.05) is 0 Å². The van der Waals surface area contributed by atoms with E-state index >= 15 is 0 Å². The van der Waals surface area contributed by atoms with Crippen LogP contribution in [0.1, 0.15) is 0 Å². The summed E-state index contributed by atoms with van der Waals surface area (Å²) in [7, 11) is 0. The van der Waals surface area contributed by atoms with Crippen LogP contribution in [-0.2, 0) is 0 Å². The van der Waals surface area contributed by atoms with E-state index in [9.17, 15) is 0 Å². The van der Waals surface area contributed by atoms with Gasteiger partial charge in [0.15, 0.2) is 4.63 Å². The predicted molar refractivity (Wildman–Crippen MR) is 33.9 cm³/mol. The van der Waals surface area contributed by atoms with E-state index in [2.05, 4.69) is 23.2 Å². The number of nitrogens with one attached hydrogen (secondary N) is 1. The average molecular weight is 171 g/mol. The molecular weight excluding hydrogens is 168 g/mol. The third-order valence-electron chi connectivity index (χ3n) is 0. The van der Waals surface area contributed by atoms with Crippen LogP contribution in [0.3, 0.4) is 0 Å². The lowest BCUT2D eigenvalue weighted by Crippen LogP contribution is -1.50. The molecule has 1 nitrogen and oxygen atoms in total. The van der Waals surface area contributed by atoms with Crippen molar-refractivity contribution < 1.29 is 0 Å². The average Bonchev–Trinajstić information content (AvgIpc) is 0.811. The van der Waals surface area contributed by atoms with Gasteiger partial charge in [-0.05, 0) is 23.2 Å². The van der Waals surface area contributed by atoms with Gasteiger partial charge in [0.05, 0.1) is 0 Å². The summed E-state index contributed by atoms with van der Waals surface area (Å²) in [6.45, 7) is 0. The van der Waals surface area contributed by atoms with E-state index in [0.717, 1.165) is 0 Å². The monoisotopic (exact) mass is 169 g/mol. The Balaban J connectivity index is -0.0000000450. The molecule has 0 aliphatic carbocycles. The van der Waals surface area contributed by atoms with Gasteiger partial charge in [0.1, 0.15) is 0 Å². The molecule has 0 amide bonds. The molecule has 0 fully saturated rings. The molecule has 0 radical (unpaired) electrons. The van der Waals surface area contributed by atoms with Gasteiger partial charge >= 0.3 is 0 Å². The molecule has 0 unspecified atom stereocenters. The lowest BCUT2D eigenvalue weighted by Gasteiger charge is -1.54. The van der Waals surface area contributed by atoms with Crippen LogP contribution in [-0.4, -0.2) is 4.63 Å². The summed E-state index contributed by atoms with van der Waals surface area (Å²) in [4.78, 5) is 0. The maximum Gasteiger partial charge on any atom is 0.189 e. The van der Waals surface area contributed by atoms with Crippen molar-refractivity contribution >= 4 is 52.6 Å². The quantitative estimate of drug-likeness (QED) is 0.540. The fourth-order valence-electron chi connectivity index (χ4n) is 0. The number of rotatable bonds is 0. The fourth-order valence-corrected chi connectivity index (χ4v) is 0. The van der Waals surface area contributed by atoms with E-state index in [0.29, 0.717) is 0 Å². The topological polar surface area (TPSA) is 23.9 Å². The van der Waals surface area contributed by atoms with E-state index in [-0.39, 0.29) is 29.4 Å². The molecule has 5 heteroatoms. The van der Waals surface area contributed by atoms with Crippen LogP contribution >= 0.6 is 48.0 Å². The summed E-state index contributed by atoms with van der Waals surface area (Å²) in [6.07, 6.45) is 0. The molecule has 6 heavy (non-hydrogen) atoms. The van der Waals surface area contributed by atoms with Gasteiger partial charge in [-0.25, -0.2) is 0 Å². The van der Waals surface area contributed by atoms with Gasteiger partial charge in [0, 0.05) is 0 Å². The second-order valence-corrected chi connectivity index (χ2v) is 1.21. The zero-order valence-corrected chi connectivity index (χ0v) is 5.72. The standard InChI is InChI=1S/CHCl2N.2ClH/c2-1(3)4;;/h4H;2*1H. The minimum atomic E-state index is -0.389. The SMILES string of the molecule is Cl.Cl.N=C(Cl)Cl. The lowest BCUT2D eigenvalue weighted by atomic mass is 11.7. The summed E-state index contributed by atoms with van der Waals surface area (Å²) < 4.78 is -0.389. The highest BCUT2D eigenvalue weighted by molar-refractivity contribution is 6.94. The highest BCUT2D eigenvalue weighted by Gasteiger charge is 1.64. The zero-order valence-electron chi connectivity index (χ0n) is 2.57. The molecule has 0 saturated heterocycles. The summed E-state index contributed by atoms with van der Waals surface area (Å²) in [5, 5.41) is 6.03. The Kier molecular flexibility index (Phi) is 24.5. The molecule has 0 aliphatic heterocycles. The van der Waals surface area contributed by atoms with Gasteiger partial charge < -0.3 is 0 Å². The van der Waals surface area contributed by atoms with Crippen LogP contribution in [0.4, 0.5) is 0 Å². The first kappa shape index (κ1) is 15.8. The van der Waals surface area contributed by atoms with Crippen LogP contribution in [0, 0.1) is 5.41 Å². The summed E-state index contributed by atoms with van der Waals surface area (Å²) in [5.41, 5.74) is 0. The Bertz CT molecular complexity index is 30.5. The first-order valence-corrected chi connectivity index (χ1v) is 1.38. The smallest absolute Gasteiger partial charge is 0.189 e. The molecule has 1 N–H and O–H groups in total. The molecule has 0 bridgehead atoms. The Hall–Kier alpha value is 0.830. The van der Waals surface area contributed by atoms with Crippen molar-refractivity contribution in [2.75, 3.05) is 0 Å². The van der Waals surface area contributed by atoms with Gasteiger partial charge in [0.25, 0.3) is 0 Å². The van der Waals surface area contributed by atoms with Crippen molar-refractivity contribution in [1.82, 2.24) is 0 Å². The van der Waals surface area contributed by atoms with Crippen LogP contribution in [0.2, 0.25) is 0 Å². The van der Waals surface area contributed by atoms with Crippen molar-refractivity contribution in [3.8, 4) is 0 Å². The van der Waals surface area contributed by atoms with E-state index in [4.69, 9.17) is 5.41 Å². The Morgan fingerprint density at radius 3 is 1.17 bits per heavy atom. The third-order valence-corrected chi connectivity index (χ3v) is 0. The van der Waals surface area contributed by atoms with Crippen LogP contribution in [0.15, 0.2) is 0 Å². The second kappa shape index (κ2) is 9.27. The lowest BCUT2D eigenvalue weighted by molar-refractivity contribution is 1.59. The van der Waals surface area contributed by atoms with Gasteiger partial charge in [0.2, 0.25) is 0 Å². The molecule has 0 heterocycles. The molecule has 0 rings (SSSR count). The first-order chi connectivity index (χ1) is 1.73. The first-order valence-electron chi connectivity index (χ1n) is 0.628. The van der Waals surface area contributed by atoms with Crippen molar-refractivity contribution in [2.24, 2.45) is 0 Å². The van der Waals surface area contributed by atoms with Crippen LogP contribution in [0.5, 0.6) is 0 Å². The fraction of sp³-hybridized carbons (Fsp3) is 0. The molecule has 0 spiro atoms. The van der Waals surface area contributed by atoms with Crippen molar-refractivity contribution in [1.29, 1.82) is 5.41 Å². The van der Waals surface area contributed by atoms with Gasteiger partial charge in [-0.15, -0.1) is 24.8 Å². The number of hydrogen-bond acceptors (Lipinski definition) is 1. The molecule has 0 aliphatic rings. The summed E-state index contributed by atoms with van der Waals surface area (Å²) in [6, 6.07) is 0. The van der Waals surface area contributed by atoms with Crippen LogP contribution < -0.4 is 0 Å². The van der Waals surface area contributed by atoms with E-state index < -0.39 is 0 Å². The van der Waals surface area contributed by atoms with Gasteiger partial charge in [-0.3, -0.25) is 5.41 Å². The molecular formula is CH3Cl4N. The minimum absolute atomic E-state index is 0. The Morgan fingerprint density at radius 1 is 1.17 bits per heavy atom. The summed E-state index contributed by atoms with van der Waals surface area (Å²) >= 11 is 9.25. The summed E-state index contributed by atoms with van der Waals surface area (Å²) in [5.74, 6) is 0. The zero-order chi connectivity index (χ0) is 3.58.